The molecule has 5 heteroatoms. The molecule has 2 N–H and O–H groups in total. The number of aromatic nitrogens is 2. The van der Waals surface area contributed by atoms with E-state index >= 15 is 0 Å². The van der Waals surface area contributed by atoms with E-state index in [2.05, 4.69) is 4.98 Å². The lowest BCUT2D eigenvalue weighted by molar-refractivity contribution is -0.118. The summed E-state index contributed by atoms with van der Waals surface area (Å²) in [4.78, 5) is 14.6. The molecule has 0 saturated heterocycles. The van der Waals surface area contributed by atoms with E-state index in [1.54, 1.807) is 12.1 Å². The topological polar surface area (TPSA) is 60.9 Å². The van der Waals surface area contributed by atoms with Gasteiger partial charge in [0.25, 0.3) is 0 Å². The number of carbonyl (C=O) groups excluding carboxylic acids is 1. The van der Waals surface area contributed by atoms with Crippen LogP contribution in [-0.2, 0) is 11.3 Å². The molecule has 1 amide bonds. The van der Waals surface area contributed by atoms with E-state index in [1.165, 1.54) is 17.0 Å². The van der Waals surface area contributed by atoms with Crippen LogP contribution in [0.3, 0.4) is 0 Å². The molecule has 2 aromatic rings. The Morgan fingerprint density at radius 2 is 2.36 bits per heavy atom. The number of benzene rings is 1. The van der Waals surface area contributed by atoms with Crippen molar-refractivity contribution in [3.63, 3.8) is 0 Å². The van der Waals surface area contributed by atoms with Crippen molar-refractivity contribution in [2.24, 2.45) is 5.73 Å². The minimum atomic E-state index is -0.521. The average molecular weight is 193 g/mol. The molecular weight excluding hydrogens is 185 g/mol. The predicted molar refractivity (Wildman–Crippen MR) is 48.9 cm³/mol. The van der Waals surface area contributed by atoms with Gasteiger partial charge in [0.1, 0.15) is 17.9 Å². The van der Waals surface area contributed by atoms with Crippen LogP contribution in [0.2, 0.25) is 0 Å². The summed E-state index contributed by atoms with van der Waals surface area (Å²) >= 11 is 0. The first-order valence-electron chi connectivity index (χ1n) is 4.06. The van der Waals surface area contributed by atoms with Crippen molar-refractivity contribution in [1.82, 2.24) is 9.55 Å². The number of fused-ring (bicyclic) bond motifs is 1. The first-order chi connectivity index (χ1) is 6.68. The molecule has 0 fully saturated rings. The lowest BCUT2D eigenvalue weighted by atomic mass is 10.3. The van der Waals surface area contributed by atoms with Crippen molar-refractivity contribution in [1.29, 1.82) is 0 Å². The number of primary amides is 1. The first kappa shape index (κ1) is 8.68. The molecule has 0 aliphatic carbocycles. The van der Waals surface area contributed by atoms with Crippen molar-refractivity contribution in [3.05, 3.63) is 30.3 Å². The highest BCUT2D eigenvalue weighted by atomic mass is 19.1. The number of nitrogens with zero attached hydrogens (tertiary/aromatic N) is 2. The summed E-state index contributed by atoms with van der Waals surface area (Å²) in [5, 5.41) is 0. The van der Waals surface area contributed by atoms with Crippen LogP contribution in [0.25, 0.3) is 11.0 Å². The Hall–Kier alpha value is -1.91. The van der Waals surface area contributed by atoms with Gasteiger partial charge in [0.15, 0.2) is 0 Å². The molecule has 0 saturated carbocycles. The SMILES string of the molecule is NC(=O)Cn1cnc2cccc(F)c21. The van der Waals surface area contributed by atoms with Crippen LogP contribution in [0.5, 0.6) is 0 Å². The van der Waals surface area contributed by atoms with Gasteiger partial charge in [-0.3, -0.25) is 4.79 Å². The second kappa shape index (κ2) is 3.10. The van der Waals surface area contributed by atoms with E-state index in [1.807, 2.05) is 0 Å². The molecule has 72 valence electrons. The summed E-state index contributed by atoms with van der Waals surface area (Å²) in [6.45, 7) is -0.0581. The van der Waals surface area contributed by atoms with E-state index in [4.69, 9.17) is 5.73 Å². The Labute approximate surface area is 79.1 Å². The maximum atomic E-state index is 13.3. The van der Waals surface area contributed by atoms with Gasteiger partial charge in [-0.05, 0) is 12.1 Å². The maximum absolute atomic E-state index is 13.3. The van der Waals surface area contributed by atoms with Gasteiger partial charge in [-0.1, -0.05) is 6.07 Å². The molecule has 0 radical (unpaired) electrons. The highest BCUT2D eigenvalue weighted by Crippen LogP contribution is 2.15. The Kier molecular flexibility index (Phi) is 1.92. The molecule has 1 aromatic carbocycles. The number of hydrogen-bond acceptors (Lipinski definition) is 2. The van der Waals surface area contributed by atoms with Crippen molar-refractivity contribution in [2.75, 3.05) is 0 Å². The van der Waals surface area contributed by atoms with Crippen LogP contribution in [-0.4, -0.2) is 15.5 Å². The highest BCUT2D eigenvalue weighted by Gasteiger charge is 2.08. The number of carbonyl (C=O) groups is 1. The van der Waals surface area contributed by atoms with Crippen LogP contribution in [0.4, 0.5) is 4.39 Å². The molecule has 14 heavy (non-hydrogen) atoms. The van der Waals surface area contributed by atoms with Gasteiger partial charge in [-0.15, -0.1) is 0 Å². The van der Waals surface area contributed by atoms with Gasteiger partial charge in [-0.25, -0.2) is 9.37 Å². The third-order valence-electron chi connectivity index (χ3n) is 1.92. The number of imidazole rings is 1. The minimum absolute atomic E-state index is 0.0581. The summed E-state index contributed by atoms with van der Waals surface area (Å²) in [6, 6.07) is 4.57. The fourth-order valence-corrected chi connectivity index (χ4v) is 1.37. The van der Waals surface area contributed by atoms with Crippen molar-refractivity contribution < 1.29 is 9.18 Å². The molecular formula is C9H8FN3O. The molecule has 1 heterocycles. The standard InChI is InChI=1S/C9H8FN3O/c10-6-2-1-3-7-9(6)13(5-12-7)4-8(11)14/h1-3,5H,4H2,(H2,11,14). The van der Waals surface area contributed by atoms with E-state index in [0.29, 0.717) is 11.0 Å². The third-order valence-corrected chi connectivity index (χ3v) is 1.92. The van der Waals surface area contributed by atoms with Gasteiger partial charge in [0.2, 0.25) is 5.91 Å². The van der Waals surface area contributed by atoms with Crippen LogP contribution in [0.15, 0.2) is 24.5 Å². The lowest BCUT2D eigenvalue weighted by Crippen LogP contribution is -2.18. The second-order valence-corrected chi connectivity index (χ2v) is 2.95. The van der Waals surface area contributed by atoms with Gasteiger partial charge in [-0.2, -0.15) is 0 Å². The molecule has 0 bridgehead atoms. The Balaban J connectivity index is 2.61. The van der Waals surface area contributed by atoms with Crippen LogP contribution < -0.4 is 5.73 Å². The Morgan fingerprint density at radius 1 is 1.57 bits per heavy atom. The normalized spacial score (nSPS) is 10.6. The largest absolute Gasteiger partial charge is 0.368 e. The second-order valence-electron chi connectivity index (χ2n) is 2.95. The zero-order valence-electron chi connectivity index (χ0n) is 7.27. The molecule has 0 aliphatic heterocycles. The predicted octanol–water partition coefficient (Wildman–Crippen LogP) is 0.661. The number of amides is 1. The third kappa shape index (κ3) is 1.32. The Morgan fingerprint density at radius 3 is 3.07 bits per heavy atom. The number of halogens is 1. The van der Waals surface area contributed by atoms with E-state index in [0.717, 1.165) is 0 Å². The zero-order chi connectivity index (χ0) is 10.1. The maximum Gasteiger partial charge on any atom is 0.237 e. The number of para-hydroxylation sites is 1. The van der Waals surface area contributed by atoms with Gasteiger partial charge in [0, 0.05) is 0 Å². The van der Waals surface area contributed by atoms with E-state index in [9.17, 15) is 9.18 Å². The van der Waals surface area contributed by atoms with Gasteiger partial charge < -0.3 is 10.3 Å². The Bertz CT molecular complexity index is 492. The van der Waals surface area contributed by atoms with Gasteiger partial charge in [0.05, 0.1) is 11.8 Å². The molecule has 0 unspecified atom stereocenters. The molecule has 4 nitrogen and oxygen atoms in total. The molecule has 0 atom stereocenters. The highest BCUT2D eigenvalue weighted by molar-refractivity contribution is 5.79. The van der Waals surface area contributed by atoms with Crippen molar-refractivity contribution >= 4 is 16.9 Å². The zero-order valence-corrected chi connectivity index (χ0v) is 7.27. The molecule has 0 spiro atoms. The van der Waals surface area contributed by atoms with E-state index in [-0.39, 0.29) is 6.54 Å². The van der Waals surface area contributed by atoms with Crippen LogP contribution >= 0.6 is 0 Å². The van der Waals surface area contributed by atoms with Crippen molar-refractivity contribution in [3.8, 4) is 0 Å². The lowest BCUT2D eigenvalue weighted by Gasteiger charge is -2.00. The summed E-state index contributed by atoms with van der Waals surface area (Å²) in [7, 11) is 0. The average Bonchev–Trinajstić information content (AvgIpc) is 2.49. The monoisotopic (exact) mass is 193 g/mol. The smallest absolute Gasteiger partial charge is 0.237 e. The first-order valence-corrected chi connectivity index (χ1v) is 4.06. The quantitative estimate of drug-likeness (QED) is 0.761. The fourth-order valence-electron chi connectivity index (χ4n) is 1.37. The summed E-state index contributed by atoms with van der Waals surface area (Å²) in [6.07, 6.45) is 1.40. The summed E-state index contributed by atoms with van der Waals surface area (Å²) in [5.74, 6) is -0.922. The summed E-state index contributed by atoms with van der Waals surface area (Å²) in [5.41, 5.74) is 5.85. The fraction of sp³-hybridized carbons (Fsp3) is 0.111. The van der Waals surface area contributed by atoms with Crippen LogP contribution in [0, 0.1) is 5.82 Å². The van der Waals surface area contributed by atoms with Crippen LogP contribution in [0.1, 0.15) is 0 Å². The number of nitrogens with two attached hydrogens (primary N) is 1. The van der Waals surface area contributed by atoms with Gasteiger partial charge >= 0.3 is 0 Å². The molecule has 2 rings (SSSR count). The van der Waals surface area contributed by atoms with Crippen molar-refractivity contribution in [2.45, 2.75) is 6.54 Å². The van der Waals surface area contributed by atoms with E-state index < -0.39 is 11.7 Å². The molecule has 0 aliphatic rings. The summed E-state index contributed by atoms with van der Waals surface area (Å²) < 4.78 is 14.7. The number of hydrogen-bond donors (Lipinski definition) is 1. The molecule has 1 aromatic heterocycles. The minimum Gasteiger partial charge on any atom is -0.368 e. The number of rotatable bonds is 2.